The molecular formula is C13H15ClF2N2O2. The van der Waals surface area contributed by atoms with Crippen LogP contribution in [0.5, 0.6) is 0 Å². The van der Waals surface area contributed by atoms with Crippen molar-refractivity contribution in [2.24, 2.45) is 0 Å². The maximum Gasteiger partial charge on any atom is 0.333 e. The molecule has 0 atom stereocenters. The molecule has 1 aliphatic rings. The van der Waals surface area contributed by atoms with Gasteiger partial charge in [-0.25, -0.2) is 18.6 Å². The first-order valence-corrected chi connectivity index (χ1v) is 5.93. The van der Waals surface area contributed by atoms with Crippen molar-refractivity contribution in [1.29, 1.82) is 0 Å². The summed E-state index contributed by atoms with van der Waals surface area (Å²) in [6.07, 6.45) is 0.238. The molecule has 2 rings (SSSR count). The Morgan fingerprint density at radius 1 is 1.55 bits per heavy atom. The number of halogens is 3. The highest BCUT2D eigenvalue weighted by Crippen LogP contribution is 2.17. The molecular weight excluding hydrogens is 290 g/mol. The van der Waals surface area contributed by atoms with E-state index in [-0.39, 0.29) is 13.2 Å². The fourth-order valence-electron chi connectivity index (χ4n) is 1.72. The van der Waals surface area contributed by atoms with E-state index in [1.807, 2.05) is 0 Å². The maximum absolute atomic E-state index is 12.6. The number of ether oxygens (including phenoxy) is 1. The summed E-state index contributed by atoms with van der Waals surface area (Å²) in [5.41, 5.74) is 1.17. The van der Waals surface area contributed by atoms with Gasteiger partial charge in [0.1, 0.15) is 11.8 Å². The van der Waals surface area contributed by atoms with Gasteiger partial charge in [-0.2, -0.15) is 0 Å². The van der Waals surface area contributed by atoms with Crippen molar-refractivity contribution in [3.05, 3.63) is 40.8 Å². The Kier molecular flexibility index (Phi) is 5.29. The molecule has 0 radical (unpaired) electrons. The van der Waals surface area contributed by atoms with Gasteiger partial charge in [-0.3, -0.25) is 0 Å². The highest BCUT2D eigenvalue weighted by molar-refractivity contribution is 6.29. The average Bonchev–Trinajstić information content (AvgIpc) is 2.89. The van der Waals surface area contributed by atoms with Gasteiger partial charge in [0.25, 0.3) is 6.43 Å². The first-order chi connectivity index (χ1) is 10.0. The zero-order valence-electron chi connectivity index (χ0n) is 11.9. The van der Waals surface area contributed by atoms with Crippen molar-refractivity contribution in [3.63, 3.8) is 0 Å². The van der Waals surface area contributed by atoms with Gasteiger partial charge in [0.05, 0.1) is 12.2 Å². The van der Waals surface area contributed by atoms with Crippen molar-refractivity contribution in [3.8, 4) is 0 Å². The third-order valence-electron chi connectivity index (χ3n) is 2.57. The Balaban J connectivity index is 0.00000106. The molecule has 0 N–H and O–H groups in total. The second kappa shape index (κ2) is 7.19. The van der Waals surface area contributed by atoms with Gasteiger partial charge in [0.2, 0.25) is 0 Å². The number of alkyl halides is 2. The van der Waals surface area contributed by atoms with E-state index in [0.29, 0.717) is 10.9 Å². The molecule has 0 spiro atoms. The largest absolute Gasteiger partial charge is 0.456 e. The molecule has 0 bridgehead atoms. The van der Waals surface area contributed by atoms with E-state index in [0.717, 1.165) is 5.56 Å². The number of cyclic esters (lactones) is 1. The van der Waals surface area contributed by atoms with Crippen LogP contribution in [0.1, 0.15) is 14.3 Å². The van der Waals surface area contributed by atoms with Crippen molar-refractivity contribution in [1.82, 2.24) is 9.88 Å². The normalized spacial score (nSPS) is 14.2. The molecule has 2 heterocycles. The molecule has 0 aromatic carbocycles. The van der Waals surface area contributed by atoms with Crippen molar-refractivity contribution in [2.75, 3.05) is 13.2 Å². The van der Waals surface area contributed by atoms with Crippen LogP contribution in [-0.4, -0.2) is 35.4 Å². The highest BCUT2D eigenvalue weighted by atomic mass is 35.5. The Morgan fingerprint density at radius 3 is 2.80 bits per heavy atom. The lowest BCUT2D eigenvalue weighted by molar-refractivity contribution is -0.135. The first kappa shape index (κ1) is 14.7. The third-order valence-corrected chi connectivity index (χ3v) is 2.80. The fraction of sp³-hybridized carbons (Fsp3) is 0.385. The van der Waals surface area contributed by atoms with Crippen LogP contribution in [0.4, 0.5) is 8.78 Å². The number of hydrogen-bond donors (Lipinski definition) is 0. The van der Waals surface area contributed by atoms with Crippen molar-refractivity contribution in [2.45, 2.75) is 20.4 Å². The van der Waals surface area contributed by atoms with Crippen LogP contribution >= 0.6 is 11.6 Å². The highest BCUT2D eigenvalue weighted by Gasteiger charge is 2.22. The van der Waals surface area contributed by atoms with E-state index >= 15 is 0 Å². The average molecular weight is 307 g/mol. The molecule has 0 saturated heterocycles. The number of carbonyl (C=O) groups excluding carboxylic acids is 1. The maximum atomic E-state index is 12.6. The standard InChI is InChI=1S/C12H11ClF2N2O2.CH4/c13-10-2-1-8(4-16-10)5-17(6-11(14)15)9-3-12(18)19-7-9;/h1-4,11H,5-7H2;1H4/i;1T. The number of aromatic nitrogens is 1. The summed E-state index contributed by atoms with van der Waals surface area (Å²) < 4.78 is 35.6. The minimum Gasteiger partial charge on any atom is -0.456 e. The van der Waals surface area contributed by atoms with Crippen LogP contribution in [0.25, 0.3) is 0 Å². The van der Waals surface area contributed by atoms with E-state index in [1.165, 1.54) is 24.6 Å². The lowest BCUT2D eigenvalue weighted by atomic mass is 10.2. The SMILES string of the molecule is O=C1C=C(N(Cc2ccc(Cl)nc2)CC(F)F)CO1.[3H]C. The number of hydrogen-bond acceptors (Lipinski definition) is 4. The molecule has 110 valence electrons. The Hall–Kier alpha value is -1.69. The number of esters is 1. The molecule has 0 saturated carbocycles. The zero-order valence-corrected chi connectivity index (χ0v) is 11.6. The van der Waals surface area contributed by atoms with Gasteiger partial charge < -0.3 is 9.64 Å². The van der Waals surface area contributed by atoms with Crippen molar-refractivity contribution < 1.29 is 19.7 Å². The predicted molar refractivity (Wildman–Crippen MR) is 71.4 cm³/mol. The second-order valence-electron chi connectivity index (χ2n) is 4.00. The minimum atomic E-state index is -2.50. The van der Waals surface area contributed by atoms with E-state index in [4.69, 9.17) is 17.7 Å². The molecule has 7 heteroatoms. The summed E-state index contributed by atoms with van der Waals surface area (Å²) in [4.78, 5) is 16.3. The van der Waals surface area contributed by atoms with Gasteiger partial charge in [0, 0.05) is 20.2 Å². The van der Waals surface area contributed by atoms with Crippen LogP contribution in [0.3, 0.4) is 0 Å². The first-order valence-electron chi connectivity index (χ1n) is 6.55. The molecule has 0 aliphatic carbocycles. The van der Waals surface area contributed by atoms with Gasteiger partial charge >= 0.3 is 5.97 Å². The van der Waals surface area contributed by atoms with E-state index in [2.05, 4.69) is 4.98 Å². The monoisotopic (exact) mass is 306 g/mol. The summed E-state index contributed by atoms with van der Waals surface area (Å²) >= 11 is 5.66. The molecule has 1 aromatic rings. The molecule has 1 aliphatic heterocycles. The molecule has 0 unspecified atom stereocenters. The lowest BCUT2D eigenvalue weighted by Gasteiger charge is -2.24. The summed E-state index contributed by atoms with van der Waals surface area (Å²) in [7, 11) is 1.25. The van der Waals surface area contributed by atoms with Crippen LogP contribution in [0, 0.1) is 0 Å². The molecule has 0 amide bonds. The number of rotatable bonds is 5. The second-order valence-corrected chi connectivity index (χ2v) is 4.39. The summed E-state index contributed by atoms with van der Waals surface area (Å²) in [6.45, 7) is -0.228. The number of nitrogens with zero attached hydrogens (tertiary/aromatic N) is 2. The zero-order chi connectivity index (χ0) is 15.8. The summed E-state index contributed by atoms with van der Waals surface area (Å²) in [5, 5.41) is 0.336. The van der Waals surface area contributed by atoms with Crippen molar-refractivity contribution >= 4 is 17.6 Å². The van der Waals surface area contributed by atoms with Crippen LogP contribution in [0.2, 0.25) is 5.15 Å². The van der Waals surface area contributed by atoms with E-state index in [9.17, 15) is 13.6 Å². The fourth-order valence-corrected chi connectivity index (χ4v) is 1.83. The minimum absolute atomic E-state index is 0.0204. The van der Waals surface area contributed by atoms with Gasteiger partial charge in [-0.15, -0.1) is 0 Å². The molecule has 4 nitrogen and oxygen atoms in total. The Labute approximate surface area is 122 Å². The number of carbonyl (C=O) groups is 1. The summed E-state index contributed by atoms with van der Waals surface area (Å²) in [6, 6.07) is 3.29. The molecule has 0 fully saturated rings. The van der Waals surface area contributed by atoms with Gasteiger partial charge in [-0.1, -0.05) is 25.1 Å². The lowest BCUT2D eigenvalue weighted by Crippen LogP contribution is -2.28. The molecule has 1 aromatic heterocycles. The van der Waals surface area contributed by atoms with Crippen LogP contribution in [-0.2, 0) is 16.1 Å². The Morgan fingerprint density at radius 2 is 2.30 bits per heavy atom. The van der Waals surface area contributed by atoms with Crippen LogP contribution < -0.4 is 0 Å². The van der Waals surface area contributed by atoms with Gasteiger partial charge in [-0.05, 0) is 11.6 Å². The van der Waals surface area contributed by atoms with E-state index in [1.54, 1.807) is 12.1 Å². The third kappa shape index (κ3) is 4.45. The number of pyridine rings is 1. The Bertz CT molecular complexity index is 497. The topological polar surface area (TPSA) is 42.4 Å². The molecule has 20 heavy (non-hydrogen) atoms. The quantitative estimate of drug-likeness (QED) is 0.620. The van der Waals surface area contributed by atoms with Gasteiger partial charge in [0.15, 0.2) is 0 Å². The summed E-state index contributed by atoms with van der Waals surface area (Å²) in [5.74, 6) is -0.511. The van der Waals surface area contributed by atoms with Crippen LogP contribution in [0.15, 0.2) is 30.1 Å². The smallest absolute Gasteiger partial charge is 0.333 e. The predicted octanol–water partition coefficient (Wildman–Crippen LogP) is 2.88. The van der Waals surface area contributed by atoms with E-state index < -0.39 is 18.9 Å².